The van der Waals surface area contributed by atoms with Crippen molar-refractivity contribution in [2.24, 2.45) is 0 Å². The number of carbonyl (C=O) groups is 1. The predicted molar refractivity (Wildman–Crippen MR) is 104 cm³/mol. The number of amides is 1. The van der Waals surface area contributed by atoms with Crippen LogP contribution in [0, 0.1) is 12.7 Å². The van der Waals surface area contributed by atoms with Crippen LogP contribution >= 0.6 is 0 Å². The van der Waals surface area contributed by atoms with Crippen molar-refractivity contribution in [3.63, 3.8) is 0 Å². The van der Waals surface area contributed by atoms with Crippen molar-refractivity contribution in [3.05, 3.63) is 81.5 Å². The maximum absolute atomic E-state index is 13.4. The highest BCUT2D eigenvalue weighted by atomic mass is 19.1. The Morgan fingerprint density at radius 3 is 2.85 bits per heavy atom. The zero-order chi connectivity index (χ0) is 19.0. The Balaban J connectivity index is 1.54. The van der Waals surface area contributed by atoms with Crippen LogP contribution < -0.4 is 10.9 Å². The summed E-state index contributed by atoms with van der Waals surface area (Å²) in [6.07, 6.45) is 2.61. The van der Waals surface area contributed by atoms with Crippen molar-refractivity contribution in [1.82, 2.24) is 15.3 Å². The quantitative estimate of drug-likeness (QED) is 0.519. The van der Waals surface area contributed by atoms with Gasteiger partial charge in [0, 0.05) is 35.1 Å². The first-order valence-electron chi connectivity index (χ1n) is 8.69. The topological polar surface area (TPSA) is 77.8 Å². The van der Waals surface area contributed by atoms with Crippen LogP contribution in [0.4, 0.5) is 4.39 Å². The van der Waals surface area contributed by atoms with Gasteiger partial charge in [-0.15, -0.1) is 0 Å². The number of nitrogens with one attached hydrogen (secondary N) is 3. The molecule has 0 bridgehead atoms. The summed E-state index contributed by atoms with van der Waals surface area (Å²) < 4.78 is 13.4. The van der Waals surface area contributed by atoms with Crippen molar-refractivity contribution < 1.29 is 9.18 Å². The molecule has 0 fully saturated rings. The lowest BCUT2D eigenvalue weighted by atomic mass is 10.1. The molecular weight excluding hydrogens is 345 g/mol. The first kappa shape index (κ1) is 17.0. The molecule has 0 unspecified atom stereocenters. The second-order valence-corrected chi connectivity index (χ2v) is 6.55. The van der Waals surface area contributed by atoms with Crippen LogP contribution in [0.15, 0.2) is 53.5 Å². The highest BCUT2D eigenvalue weighted by Crippen LogP contribution is 2.21. The van der Waals surface area contributed by atoms with Gasteiger partial charge >= 0.3 is 0 Å². The number of hydrogen-bond donors (Lipinski definition) is 3. The Morgan fingerprint density at radius 2 is 2.00 bits per heavy atom. The minimum absolute atomic E-state index is 0.239. The number of para-hydroxylation sites is 1. The Hall–Kier alpha value is -3.41. The van der Waals surface area contributed by atoms with E-state index < -0.39 is 11.4 Å². The van der Waals surface area contributed by atoms with Gasteiger partial charge in [0.25, 0.3) is 5.91 Å². The molecule has 0 saturated heterocycles. The monoisotopic (exact) mass is 363 g/mol. The average Bonchev–Trinajstić information content (AvgIpc) is 3.05. The van der Waals surface area contributed by atoms with E-state index in [1.54, 1.807) is 0 Å². The molecule has 2 heterocycles. The number of carbonyl (C=O) groups excluding carboxylic acids is 1. The third kappa shape index (κ3) is 3.21. The number of fused-ring (bicyclic) bond motifs is 2. The van der Waals surface area contributed by atoms with Crippen LogP contribution in [0.5, 0.6) is 0 Å². The number of hydrogen-bond acceptors (Lipinski definition) is 2. The molecule has 27 heavy (non-hydrogen) atoms. The Labute approximate surface area is 154 Å². The lowest BCUT2D eigenvalue weighted by Gasteiger charge is -2.08. The largest absolute Gasteiger partial charge is 0.361 e. The summed E-state index contributed by atoms with van der Waals surface area (Å²) >= 11 is 0. The summed E-state index contributed by atoms with van der Waals surface area (Å²) in [6, 6.07) is 11.3. The molecule has 3 N–H and O–H groups in total. The molecule has 0 aliphatic rings. The maximum Gasteiger partial charge on any atom is 0.252 e. The smallest absolute Gasteiger partial charge is 0.252 e. The van der Waals surface area contributed by atoms with E-state index >= 15 is 0 Å². The average molecular weight is 363 g/mol. The molecular formula is C21H18FN3O2. The first-order valence-corrected chi connectivity index (χ1v) is 8.69. The molecule has 0 spiro atoms. The lowest BCUT2D eigenvalue weighted by Crippen LogP contribution is -2.27. The number of aromatic amines is 2. The van der Waals surface area contributed by atoms with Gasteiger partial charge < -0.3 is 15.3 Å². The highest BCUT2D eigenvalue weighted by molar-refractivity contribution is 6.06. The molecule has 0 aliphatic carbocycles. The summed E-state index contributed by atoms with van der Waals surface area (Å²) in [5.74, 6) is -0.820. The van der Waals surface area contributed by atoms with Gasteiger partial charge in [0.2, 0.25) is 5.56 Å². The SMILES string of the molecule is Cc1cccc2c(CCNC(=O)c3cc(=O)[nH]c4cc(F)ccc34)c[nH]c12. The van der Waals surface area contributed by atoms with Gasteiger partial charge in [-0.05, 0) is 42.7 Å². The zero-order valence-electron chi connectivity index (χ0n) is 14.7. The second-order valence-electron chi connectivity index (χ2n) is 6.55. The van der Waals surface area contributed by atoms with Crippen molar-refractivity contribution >= 4 is 27.7 Å². The van der Waals surface area contributed by atoms with E-state index in [1.165, 1.54) is 29.8 Å². The molecule has 2 aromatic heterocycles. The molecule has 4 aromatic rings. The molecule has 5 nitrogen and oxygen atoms in total. The van der Waals surface area contributed by atoms with Gasteiger partial charge in [0.1, 0.15) is 5.82 Å². The van der Waals surface area contributed by atoms with Gasteiger partial charge in [-0.1, -0.05) is 18.2 Å². The highest BCUT2D eigenvalue weighted by Gasteiger charge is 2.13. The molecule has 1 amide bonds. The predicted octanol–water partition coefficient (Wildman–Crippen LogP) is 3.43. The molecule has 136 valence electrons. The van der Waals surface area contributed by atoms with Crippen LogP contribution in [-0.2, 0) is 6.42 Å². The minimum Gasteiger partial charge on any atom is -0.361 e. The fourth-order valence-electron chi connectivity index (χ4n) is 3.40. The van der Waals surface area contributed by atoms with E-state index in [0.29, 0.717) is 23.9 Å². The summed E-state index contributed by atoms with van der Waals surface area (Å²) in [5, 5.41) is 4.50. The number of aryl methyl sites for hydroxylation is 1. The number of halogens is 1. The molecule has 0 radical (unpaired) electrons. The van der Waals surface area contributed by atoms with Crippen LogP contribution in [0.1, 0.15) is 21.5 Å². The second kappa shape index (κ2) is 6.72. The van der Waals surface area contributed by atoms with E-state index in [9.17, 15) is 14.0 Å². The van der Waals surface area contributed by atoms with E-state index in [2.05, 4.69) is 21.4 Å². The standard InChI is InChI=1S/C21H18FN3O2/c1-12-3-2-4-15-13(11-24-20(12)15)7-8-23-21(27)17-10-19(26)25-18-9-14(22)5-6-16(17)18/h2-6,9-11,24H,7-8H2,1H3,(H,23,27)(H,25,26). The molecule has 0 saturated carbocycles. The summed E-state index contributed by atoms with van der Waals surface area (Å²) in [4.78, 5) is 30.2. The lowest BCUT2D eigenvalue weighted by molar-refractivity contribution is 0.0955. The van der Waals surface area contributed by atoms with E-state index in [-0.39, 0.29) is 11.5 Å². The van der Waals surface area contributed by atoms with Gasteiger partial charge in [-0.2, -0.15) is 0 Å². The van der Waals surface area contributed by atoms with E-state index in [0.717, 1.165) is 16.5 Å². The van der Waals surface area contributed by atoms with Crippen LogP contribution in [0.3, 0.4) is 0 Å². The van der Waals surface area contributed by atoms with Crippen LogP contribution in [0.2, 0.25) is 0 Å². The number of H-pyrrole nitrogens is 2. The summed E-state index contributed by atoms with van der Waals surface area (Å²) in [7, 11) is 0. The Morgan fingerprint density at radius 1 is 1.15 bits per heavy atom. The van der Waals surface area contributed by atoms with Crippen molar-refractivity contribution in [1.29, 1.82) is 0 Å². The fourth-order valence-corrected chi connectivity index (χ4v) is 3.40. The number of aromatic nitrogens is 2. The van der Waals surface area contributed by atoms with E-state index in [1.807, 2.05) is 25.3 Å². The fraction of sp³-hybridized carbons (Fsp3) is 0.143. The molecule has 4 rings (SSSR count). The van der Waals surface area contributed by atoms with Crippen molar-refractivity contribution in [2.75, 3.05) is 6.54 Å². The number of pyridine rings is 1. The Kier molecular flexibility index (Phi) is 4.24. The van der Waals surface area contributed by atoms with Gasteiger partial charge in [-0.3, -0.25) is 9.59 Å². The molecule has 0 aliphatic heterocycles. The minimum atomic E-state index is -0.467. The van der Waals surface area contributed by atoms with Gasteiger partial charge in [-0.25, -0.2) is 4.39 Å². The maximum atomic E-state index is 13.4. The van der Waals surface area contributed by atoms with Crippen molar-refractivity contribution in [2.45, 2.75) is 13.3 Å². The summed E-state index contributed by atoms with van der Waals surface area (Å²) in [5.41, 5.74) is 3.49. The third-order valence-electron chi connectivity index (χ3n) is 4.74. The zero-order valence-corrected chi connectivity index (χ0v) is 14.7. The van der Waals surface area contributed by atoms with Crippen molar-refractivity contribution in [3.8, 4) is 0 Å². The van der Waals surface area contributed by atoms with Crippen LogP contribution in [-0.4, -0.2) is 22.4 Å². The molecule has 2 aromatic carbocycles. The molecule has 6 heteroatoms. The summed E-state index contributed by atoms with van der Waals surface area (Å²) in [6.45, 7) is 2.47. The molecule has 0 atom stereocenters. The van der Waals surface area contributed by atoms with Gasteiger partial charge in [0.05, 0.1) is 11.1 Å². The first-order chi connectivity index (χ1) is 13.0. The third-order valence-corrected chi connectivity index (χ3v) is 4.74. The van der Waals surface area contributed by atoms with Gasteiger partial charge in [0.15, 0.2) is 0 Å². The van der Waals surface area contributed by atoms with E-state index in [4.69, 9.17) is 0 Å². The number of rotatable bonds is 4. The normalized spacial score (nSPS) is 11.2. The Bertz CT molecular complexity index is 1220. The van der Waals surface area contributed by atoms with Crippen LogP contribution in [0.25, 0.3) is 21.8 Å². The number of benzene rings is 2.